The second kappa shape index (κ2) is 6.56. The smallest absolute Gasteiger partial charge is 0.232 e. The largest absolute Gasteiger partial charge is 0.388 e. The molecular formula is C22H22N4O2. The van der Waals surface area contributed by atoms with E-state index in [1.54, 1.807) is 0 Å². The highest BCUT2D eigenvalue weighted by molar-refractivity contribution is 5.96. The highest BCUT2D eigenvalue weighted by Crippen LogP contribution is 2.45. The molecule has 1 fully saturated rings. The molecule has 1 heterocycles. The lowest BCUT2D eigenvalue weighted by Gasteiger charge is -2.35. The predicted molar refractivity (Wildman–Crippen MR) is 105 cm³/mol. The normalized spacial score (nSPS) is 20.4. The Bertz CT molecular complexity index is 1010. The summed E-state index contributed by atoms with van der Waals surface area (Å²) in [5.74, 6) is 1.54. The van der Waals surface area contributed by atoms with E-state index in [9.17, 15) is 9.90 Å². The number of rotatable bonds is 4. The van der Waals surface area contributed by atoms with Crippen molar-refractivity contribution >= 4 is 5.91 Å². The van der Waals surface area contributed by atoms with Gasteiger partial charge in [0.2, 0.25) is 5.91 Å². The number of benzene rings is 2. The minimum absolute atomic E-state index is 0.0647. The molecule has 5 rings (SSSR count). The van der Waals surface area contributed by atoms with Gasteiger partial charge in [-0.15, -0.1) is 10.2 Å². The average molecular weight is 374 g/mol. The number of hydrogen-bond acceptors (Lipinski definition) is 4. The van der Waals surface area contributed by atoms with Crippen LogP contribution in [-0.4, -0.2) is 31.8 Å². The lowest BCUT2D eigenvalue weighted by atomic mass is 9.79. The van der Waals surface area contributed by atoms with Gasteiger partial charge in [-0.2, -0.15) is 0 Å². The van der Waals surface area contributed by atoms with Gasteiger partial charge < -0.3 is 15.0 Å². The Labute approximate surface area is 163 Å². The van der Waals surface area contributed by atoms with E-state index in [1.807, 2.05) is 35.9 Å². The summed E-state index contributed by atoms with van der Waals surface area (Å²) in [4.78, 5) is 13.2. The molecule has 1 aromatic heterocycles. The Kier molecular flexibility index (Phi) is 4.02. The zero-order valence-corrected chi connectivity index (χ0v) is 15.7. The maximum atomic E-state index is 13.2. The minimum atomic E-state index is -0.248. The maximum Gasteiger partial charge on any atom is 0.232 e. The van der Waals surface area contributed by atoms with E-state index in [4.69, 9.17) is 0 Å². The maximum absolute atomic E-state index is 13.2. The molecule has 28 heavy (non-hydrogen) atoms. The quantitative estimate of drug-likeness (QED) is 0.735. The van der Waals surface area contributed by atoms with Crippen LogP contribution in [0.15, 0.2) is 48.5 Å². The first-order chi connectivity index (χ1) is 13.7. The topological polar surface area (TPSA) is 80.0 Å². The molecule has 1 amide bonds. The Hall–Kier alpha value is -2.99. The molecule has 3 aromatic rings. The van der Waals surface area contributed by atoms with Crippen LogP contribution in [0, 0.1) is 0 Å². The summed E-state index contributed by atoms with van der Waals surface area (Å²) in [7, 11) is 1.87. The standard InChI is InChI=1S/C22H22N4O2/c1-26-19(12-27)24-25-21(26)13-10-14(11-13)23-22(28)20-17-8-4-2-6-15(17)16-7-3-5-9-18(16)20/h2-9,13-14,20,27H,10-12H2,1H3,(H,23,28). The molecule has 2 aliphatic rings. The third-order valence-electron chi connectivity index (χ3n) is 6.09. The molecular weight excluding hydrogens is 352 g/mol. The monoisotopic (exact) mass is 374 g/mol. The molecule has 2 aromatic carbocycles. The van der Waals surface area contributed by atoms with Crippen molar-refractivity contribution in [2.75, 3.05) is 0 Å². The Morgan fingerprint density at radius 1 is 1.07 bits per heavy atom. The molecule has 0 radical (unpaired) electrons. The molecule has 0 bridgehead atoms. The number of fused-ring (bicyclic) bond motifs is 3. The van der Waals surface area contributed by atoms with Gasteiger partial charge in [0.05, 0.1) is 5.92 Å². The molecule has 6 heteroatoms. The first-order valence-electron chi connectivity index (χ1n) is 9.65. The molecule has 0 saturated heterocycles. The molecule has 0 atom stereocenters. The van der Waals surface area contributed by atoms with E-state index < -0.39 is 0 Å². The van der Waals surface area contributed by atoms with Crippen LogP contribution in [0.4, 0.5) is 0 Å². The van der Waals surface area contributed by atoms with Crippen molar-refractivity contribution in [3.8, 4) is 11.1 Å². The van der Waals surface area contributed by atoms with Gasteiger partial charge in [0.25, 0.3) is 0 Å². The van der Waals surface area contributed by atoms with Crippen molar-refractivity contribution in [3.05, 3.63) is 71.3 Å². The number of aliphatic hydroxyl groups is 1. The zero-order valence-electron chi connectivity index (χ0n) is 15.7. The fraction of sp³-hybridized carbons (Fsp3) is 0.318. The van der Waals surface area contributed by atoms with Gasteiger partial charge in [-0.25, -0.2) is 0 Å². The van der Waals surface area contributed by atoms with Crippen molar-refractivity contribution in [1.82, 2.24) is 20.1 Å². The fourth-order valence-electron chi connectivity index (χ4n) is 4.54. The van der Waals surface area contributed by atoms with Crippen LogP contribution in [0.3, 0.4) is 0 Å². The summed E-state index contributed by atoms with van der Waals surface area (Å²) < 4.78 is 1.85. The van der Waals surface area contributed by atoms with E-state index in [0.717, 1.165) is 40.9 Å². The predicted octanol–water partition coefficient (Wildman–Crippen LogP) is 2.48. The molecule has 0 unspecified atom stereocenters. The second-order valence-electron chi connectivity index (χ2n) is 7.67. The fourth-order valence-corrected chi connectivity index (χ4v) is 4.54. The van der Waals surface area contributed by atoms with E-state index in [2.05, 4.69) is 39.8 Å². The van der Waals surface area contributed by atoms with Crippen LogP contribution in [0.2, 0.25) is 0 Å². The first-order valence-corrected chi connectivity index (χ1v) is 9.65. The summed E-state index contributed by atoms with van der Waals surface area (Å²) >= 11 is 0. The van der Waals surface area contributed by atoms with Crippen LogP contribution in [0.25, 0.3) is 11.1 Å². The van der Waals surface area contributed by atoms with Gasteiger partial charge in [0.15, 0.2) is 5.82 Å². The lowest BCUT2D eigenvalue weighted by Crippen LogP contribution is -2.45. The summed E-state index contributed by atoms with van der Waals surface area (Å²) in [6.45, 7) is -0.114. The highest BCUT2D eigenvalue weighted by atomic mass is 16.3. The Balaban J connectivity index is 1.31. The first kappa shape index (κ1) is 17.1. The molecule has 0 spiro atoms. The number of carbonyl (C=O) groups excluding carboxylic acids is 1. The molecule has 0 aliphatic heterocycles. The van der Waals surface area contributed by atoms with Gasteiger partial charge in [-0.05, 0) is 35.1 Å². The van der Waals surface area contributed by atoms with Crippen molar-refractivity contribution in [2.24, 2.45) is 7.05 Å². The third-order valence-corrected chi connectivity index (χ3v) is 6.09. The van der Waals surface area contributed by atoms with Gasteiger partial charge in [-0.3, -0.25) is 4.79 Å². The van der Waals surface area contributed by atoms with E-state index in [0.29, 0.717) is 5.82 Å². The molecule has 1 saturated carbocycles. The number of carbonyl (C=O) groups is 1. The number of aliphatic hydroxyl groups excluding tert-OH is 1. The third kappa shape index (κ3) is 2.56. The lowest BCUT2D eigenvalue weighted by molar-refractivity contribution is -0.123. The zero-order chi connectivity index (χ0) is 19.3. The molecule has 6 nitrogen and oxygen atoms in total. The molecule has 2 aliphatic carbocycles. The Morgan fingerprint density at radius 3 is 2.25 bits per heavy atom. The van der Waals surface area contributed by atoms with Crippen LogP contribution in [0.1, 0.15) is 47.5 Å². The number of nitrogens with zero attached hydrogens (tertiary/aromatic N) is 3. The van der Waals surface area contributed by atoms with Crippen molar-refractivity contribution in [3.63, 3.8) is 0 Å². The number of amides is 1. The average Bonchev–Trinajstić information content (AvgIpc) is 3.22. The van der Waals surface area contributed by atoms with Gasteiger partial charge in [-0.1, -0.05) is 48.5 Å². The van der Waals surface area contributed by atoms with Crippen molar-refractivity contribution in [2.45, 2.75) is 37.3 Å². The summed E-state index contributed by atoms with van der Waals surface area (Å²) in [5.41, 5.74) is 4.47. The highest BCUT2D eigenvalue weighted by Gasteiger charge is 2.38. The number of hydrogen-bond donors (Lipinski definition) is 2. The van der Waals surface area contributed by atoms with Crippen LogP contribution in [0.5, 0.6) is 0 Å². The van der Waals surface area contributed by atoms with E-state index >= 15 is 0 Å². The van der Waals surface area contributed by atoms with Crippen molar-refractivity contribution < 1.29 is 9.90 Å². The number of nitrogens with one attached hydrogen (secondary N) is 1. The minimum Gasteiger partial charge on any atom is -0.388 e. The van der Waals surface area contributed by atoms with Crippen LogP contribution < -0.4 is 5.32 Å². The summed E-state index contributed by atoms with van der Waals surface area (Å²) in [6.07, 6.45) is 1.69. The van der Waals surface area contributed by atoms with E-state index in [-0.39, 0.29) is 30.4 Å². The van der Waals surface area contributed by atoms with Gasteiger partial charge >= 0.3 is 0 Å². The van der Waals surface area contributed by atoms with Crippen molar-refractivity contribution in [1.29, 1.82) is 0 Å². The summed E-state index contributed by atoms with van der Waals surface area (Å²) in [5, 5.41) is 20.7. The molecule has 2 N–H and O–H groups in total. The van der Waals surface area contributed by atoms with Gasteiger partial charge in [0, 0.05) is 19.0 Å². The summed E-state index contributed by atoms with van der Waals surface area (Å²) in [6, 6.07) is 16.5. The van der Waals surface area contributed by atoms with E-state index in [1.165, 1.54) is 0 Å². The second-order valence-corrected chi connectivity index (χ2v) is 7.67. The SMILES string of the molecule is Cn1c(CO)nnc1C1CC(NC(=O)C2c3ccccc3-c3ccccc32)C1. The molecule has 142 valence electrons. The van der Waals surface area contributed by atoms with Crippen LogP contribution in [-0.2, 0) is 18.4 Å². The Morgan fingerprint density at radius 2 is 1.68 bits per heavy atom. The van der Waals surface area contributed by atoms with Crippen LogP contribution >= 0.6 is 0 Å². The number of aromatic nitrogens is 3. The van der Waals surface area contributed by atoms with Gasteiger partial charge in [0.1, 0.15) is 12.4 Å².